The fraction of sp³-hybridized carbons (Fsp3) is 0.143. The lowest BCUT2D eigenvalue weighted by atomic mass is 10.2. The Kier molecular flexibility index (Phi) is 5.60. The Balaban J connectivity index is 1.39. The maximum Gasteiger partial charge on any atom is 0.251 e. The van der Waals surface area contributed by atoms with Crippen LogP contribution >= 0.6 is 0 Å². The Morgan fingerprint density at radius 1 is 0.967 bits per heavy atom. The molecule has 0 aliphatic rings. The van der Waals surface area contributed by atoms with Gasteiger partial charge in [0.05, 0.1) is 18.1 Å². The molecule has 0 saturated carbocycles. The van der Waals surface area contributed by atoms with Crippen LogP contribution in [0.25, 0.3) is 11.0 Å². The molecule has 0 saturated heterocycles. The van der Waals surface area contributed by atoms with Gasteiger partial charge in [0.2, 0.25) is 0 Å². The van der Waals surface area contributed by atoms with Gasteiger partial charge in [-0.2, -0.15) is 5.10 Å². The third-order valence-corrected chi connectivity index (χ3v) is 4.52. The van der Waals surface area contributed by atoms with Crippen LogP contribution in [0.1, 0.15) is 15.9 Å². The summed E-state index contributed by atoms with van der Waals surface area (Å²) in [7, 11) is 0. The first-order chi connectivity index (χ1) is 14.6. The van der Waals surface area contributed by atoms with Crippen molar-refractivity contribution in [1.82, 2.24) is 25.1 Å². The second kappa shape index (κ2) is 8.64. The fourth-order valence-corrected chi connectivity index (χ4v) is 2.96. The van der Waals surface area contributed by atoms with Crippen molar-refractivity contribution in [2.24, 2.45) is 0 Å². The molecule has 2 N–H and O–H groups in total. The van der Waals surface area contributed by atoms with Gasteiger partial charge >= 0.3 is 0 Å². The number of aromatic nitrogens is 4. The van der Waals surface area contributed by atoms with Crippen molar-refractivity contribution in [2.75, 3.05) is 11.9 Å². The monoisotopic (exact) mass is 408 g/mol. The van der Waals surface area contributed by atoms with Crippen molar-refractivity contribution in [3.63, 3.8) is 0 Å². The molecular weight excluding hydrogens is 390 g/mol. The molecule has 4 rings (SSSR count). The molecule has 0 spiro atoms. The molecule has 1 amide bonds. The zero-order valence-corrected chi connectivity index (χ0v) is 15.8. The van der Waals surface area contributed by atoms with Crippen LogP contribution in [0.15, 0.2) is 61.1 Å². The van der Waals surface area contributed by atoms with E-state index in [2.05, 4.69) is 25.7 Å². The van der Waals surface area contributed by atoms with E-state index >= 15 is 0 Å². The SMILES string of the molecule is O=C(NCCn1ncc2c(NCc3ccc(F)cc3)ncnc21)c1ccc(F)cc1. The summed E-state index contributed by atoms with van der Waals surface area (Å²) in [5.41, 5.74) is 1.93. The molecule has 0 fully saturated rings. The molecule has 0 unspecified atom stereocenters. The number of carbonyl (C=O) groups excluding carboxylic acids is 1. The predicted octanol–water partition coefficient (Wildman–Crippen LogP) is 3.15. The molecule has 0 aliphatic heterocycles. The topological polar surface area (TPSA) is 84.7 Å². The number of fused-ring (bicyclic) bond motifs is 1. The van der Waals surface area contributed by atoms with Gasteiger partial charge in [0.15, 0.2) is 5.65 Å². The number of nitrogens with one attached hydrogen (secondary N) is 2. The van der Waals surface area contributed by atoms with Crippen molar-refractivity contribution in [2.45, 2.75) is 13.1 Å². The molecule has 30 heavy (non-hydrogen) atoms. The lowest BCUT2D eigenvalue weighted by molar-refractivity contribution is 0.0952. The highest BCUT2D eigenvalue weighted by Gasteiger charge is 2.11. The Hall–Kier alpha value is -3.88. The average molecular weight is 408 g/mol. The molecule has 152 valence electrons. The second-order valence-electron chi connectivity index (χ2n) is 6.57. The zero-order valence-electron chi connectivity index (χ0n) is 15.8. The van der Waals surface area contributed by atoms with E-state index in [0.717, 1.165) is 10.9 Å². The molecule has 0 radical (unpaired) electrons. The molecule has 2 aromatic heterocycles. The number of anilines is 1. The first-order valence-electron chi connectivity index (χ1n) is 9.29. The van der Waals surface area contributed by atoms with Gasteiger partial charge in [-0.25, -0.2) is 23.4 Å². The minimum Gasteiger partial charge on any atom is -0.365 e. The number of hydrogen-bond donors (Lipinski definition) is 2. The Labute approximate surface area is 170 Å². The van der Waals surface area contributed by atoms with Crippen LogP contribution in [-0.2, 0) is 13.1 Å². The molecule has 0 bridgehead atoms. The first kappa shape index (κ1) is 19.4. The standard InChI is InChI=1S/C21H18F2N6O/c22-16-5-1-14(2-6-16)11-25-19-18-12-28-29(20(18)27-13-26-19)10-9-24-21(30)15-3-7-17(23)8-4-15/h1-8,12-13H,9-11H2,(H,24,30)(H,25,26,27). The van der Waals surface area contributed by atoms with E-state index in [4.69, 9.17) is 0 Å². The Morgan fingerprint density at radius 2 is 1.67 bits per heavy atom. The molecule has 0 atom stereocenters. The van der Waals surface area contributed by atoms with Crippen molar-refractivity contribution in [3.8, 4) is 0 Å². The lowest BCUT2D eigenvalue weighted by Crippen LogP contribution is -2.27. The molecule has 2 aromatic carbocycles. The van der Waals surface area contributed by atoms with E-state index in [1.54, 1.807) is 23.0 Å². The van der Waals surface area contributed by atoms with E-state index in [1.807, 2.05) is 0 Å². The number of amides is 1. The summed E-state index contributed by atoms with van der Waals surface area (Å²) in [5.74, 6) is -0.345. The molecule has 0 aliphatic carbocycles. The summed E-state index contributed by atoms with van der Waals surface area (Å²) >= 11 is 0. The van der Waals surface area contributed by atoms with Gasteiger partial charge in [0.25, 0.3) is 5.91 Å². The van der Waals surface area contributed by atoms with Gasteiger partial charge in [0.1, 0.15) is 23.8 Å². The maximum atomic E-state index is 13.0. The summed E-state index contributed by atoms with van der Waals surface area (Å²) < 4.78 is 27.7. The van der Waals surface area contributed by atoms with E-state index in [9.17, 15) is 13.6 Å². The largest absolute Gasteiger partial charge is 0.365 e. The second-order valence-corrected chi connectivity index (χ2v) is 6.57. The molecule has 9 heteroatoms. The van der Waals surface area contributed by atoms with Gasteiger partial charge in [-0.3, -0.25) is 4.79 Å². The van der Waals surface area contributed by atoms with Crippen LogP contribution in [0, 0.1) is 11.6 Å². The third kappa shape index (κ3) is 4.40. The number of benzene rings is 2. The van der Waals surface area contributed by atoms with Crippen molar-refractivity contribution >= 4 is 22.8 Å². The van der Waals surface area contributed by atoms with Gasteiger partial charge in [-0.15, -0.1) is 0 Å². The summed E-state index contributed by atoms with van der Waals surface area (Å²) in [4.78, 5) is 20.7. The maximum absolute atomic E-state index is 13.0. The molecule has 7 nitrogen and oxygen atoms in total. The summed E-state index contributed by atoms with van der Waals surface area (Å²) in [6.07, 6.45) is 3.09. The van der Waals surface area contributed by atoms with Gasteiger partial charge in [0, 0.05) is 18.7 Å². The highest BCUT2D eigenvalue weighted by molar-refractivity contribution is 5.94. The van der Waals surface area contributed by atoms with Crippen molar-refractivity contribution in [1.29, 1.82) is 0 Å². The number of rotatable bonds is 7. The van der Waals surface area contributed by atoms with E-state index < -0.39 is 5.82 Å². The summed E-state index contributed by atoms with van der Waals surface area (Å²) in [6.45, 7) is 1.21. The third-order valence-electron chi connectivity index (χ3n) is 4.52. The van der Waals surface area contributed by atoms with E-state index in [-0.39, 0.29) is 11.7 Å². The van der Waals surface area contributed by atoms with Crippen molar-refractivity contribution in [3.05, 3.63) is 83.8 Å². The van der Waals surface area contributed by atoms with Crippen LogP contribution < -0.4 is 10.6 Å². The predicted molar refractivity (Wildman–Crippen MR) is 108 cm³/mol. The van der Waals surface area contributed by atoms with Crippen LogP contribution in [0.2, 0.25) is 0 Å². The Bertz CT molecular complexity index is 1160. The zero-order chi connectivity index (χ0) is 20.9. The fourth-order valence-electron chi connectivity index (χ4n) is 2.96. The van der Waals surface area contributed by atoms with Gasteiger partial charge in [-0.05, 0) is 42.0 Å². The number of hydrogen-bond acceptors (Lipinski definition) is 5. The summed E-state index contributed by atoms with van der Waals surface area (Å²) in [6, 6.07) is 11.6. The van der Waals surface area contributed by atoms with E-state index in [1.165, 1.54) is 42.7 Å². The van der Waals surface area contributed by atoms with Crippen LogP contribution in [-0.4, -0.2) is 32.2 Å². The Morgan fingerprint density at radius 3 is 2.40 bits per heavy atom. The minimum atomic E-state index is -0.391. The van der Waals surface area contributed by atoms with E-state index in [0.29, 0.717) is 36.7 Å². The van der Waals surface area contributed by atoms with Crippen LogP contribution in [0.5, 0.6) is 0 Å². The van der Waals surface area contributed by atoms with Crippen LogP contribution in [0.3, 0.4) is 0 Å². The average Bonchev–Trinajstić information content (AvgIpc) is 3.17. The van der Waals surface area contributed by atoms with Crippen molar-refractivity contribution < 1.29 is 13.6 Å². The van der Waals surface area contributed by atoms with Gasteiger partial charge in [-0.1, -0.05) is 12.1 Å². The molecular formula is C21H18F2N6O. The molecule has 2 heterocycles. The first-order valence-corrected chi connectivity index (χ1v) is 9.29. The lowest BCUT2D eigenvalue weighted by Gasteiger charge is -2.08. The highest BCUT2D eigenvalue weighted by Crippen LogP contribution is 2.19. The van der Waals surface area contributed by atoms with Crippen LogP contribution in [0.4, 0.5) is 14.6 Å². The minimum absolute atomic E-state index is 0.282. The van der Waals surface area contributed by atoms with Gasteiger partial charge < -0.3 is 10.6 Å². The highest BCUT2D eigenvalue weighted by atomic mass is 19.1. The normalized spacial score (nSPS) is 10.9. The smallest absolute Gasteiger partial charge is 0.251 e. The molecule has 4 aromatic rings. The quantitative estimate of drug-likeness (QED) is 0.491. The number of halogens is 2. The number of nitrogens with zero attached hydrogens (tertiary/aromatic N) is 4. The summed E-state index contributed by atoms with van der Waals surface area (Å²) in [5, 5.41) is 11.1. The number of carbonyl (C=O) groups is 1.